The van der Waals surface area contributed by atoms with Crippen molar-refractivity contribution in [2.75, 3.05) is 6.61 Å². The van der Waals surface area contributed by atoms with Gasteiger partial charge >= 0.3 is 0 Å². The zero-order valence-corrected chi connectivity index (χ0v) is 12.2. The molecule has 2 aromatic rings. The van der Waals surface area contributed by atoms with E-state index < -0.39 is 0 Å². The van der Waals surface area contributed by atoms with Crippen molar-refractivity contribution >= 4 is 17.4 Å². The number of furan rings is 1. The molecule has 0 aliphatic heterocycles. The highest BCUT2D eigenvalue weighted by molar-refractivity contribution is 7.08. The molecular weight excluding hydrogens is 270 g/mol. The summed E-state index contributed by atoms with van der Waals surface area (Å²) in [6.45, 7) is 1.95. The fourth-order valence-electron chi connectivity index (χ4n) is 1.91. The molecule has 3 rings (SSSR count). The maximum Gasteiger partial charge on any atom is 0.129 e. The van der Waals surface area contributed by atoms with Crippen molar-refractivity contribution in [3.05, 3.63) is 52.1 Å². The second-order valence-electron chi connectivity index (χ2n) is 5.00. The Morgan fingerprint density at radius 3 is 3.00 bits per heavy atom. The zero-order valence-electron chi connectivity index (χ0n) is 11.4. The molecule has 4 heteroatoms. The summed E-state index contributed by atoms with van der Waals surface area (Å²) in [6.07, 6.45) is 6.70. The van der Waals surface area contributed by atoms with Gasteiger partial charge in [0.25, 0.3) is 0 Å². The molecule has 2 aromatic heterocycles. The van der Waals surface area contributed by atoms with Gasteiger partial charge in [-0.15, -0.1) is 0 Å². The van der Waals surface area contributed by atoms with Gasteiger partial charge in [-0.05, 0) is 47.4 Å². The quantitative estimate of drug-likeness (QED) is 0.750. The predicted molar refractivity (Wildman–Crippen MR) is 81.6 cm³/mol. The van der Waals surface area contributed by atoms with Crippen LogP contribution in [0.15, 0.2) is 39.5 Å². The second-order valence-corrected chi connectivity index (χ2v) is 5.78. The van der Waals surface area contributed by atoms with Crippen molar-refractivity contribution in [3.8, 4) is 0 Å². The van der Waals surface area contributed by atoms with Crippen molar-refractivity contribution in [3.63, 3.8) is 0 Å². The number of nitrogens with one attached hydrogen (secondary N) is 1. The molecule has 106 valence electrons. The van der Waals surface area contributed by atoms with Crippen LogP contribution >= 0.6 is 11.3 Å². The van der Waals surface area contributed by atoms with E-state index in [1.54, 1.807) is 11.3 Å². The van der Waals surface area contributed by atoms with Crippen molar-refractivity contribution in [1.29, 1.82) is 0 Å². The highest BCUT2D eigenvalue weighted by Gasteiger charge is 2.20. The van der Waals surface area contributed by atoms with Gasteiger partial charge in [0.05, 0.1) is 13.2 Å². The van der Waals surface area contributed by atoms with Crippen LogP contribution in [0.1, 0.15) is 29.9 Å². The van der Waals surface area contributed by atoms with E-state index in [-0.39, 0.29) is 0 Å². The van der Waals surface area contributed by atoms with Crippen LogP contribution < -0.4 is 5.32 Å². The lowest BCUT2D eigenvalue weighted by Gasteiger charge is -1.99. The third kappa shape index (κ3) is 4.34. The Kier molecular flexibility index (Phi) is 4.69. The van der Waals surface area contributed by atoms with Crippen molar-refractivity contribution < 1.29 is 9.15 Å². The van der Waals surface area contributed by atoms with E-state index in [1.165, 1.54) is 18.4 Å². The maximum absolute atomic E-state index is 5.70. The number of thiophene rings is 1. The first kappa shape index (κ1) is 13.6. The molecule has 1 aliphatic carbocycles. The average molecular weight is 289 g/mol. The highest BCUT2D eigenvalue weighted by Crippen LogP contribution is 2.19. The van der Waals surface area contributed by atoms with Crippen LogP contribution in [0, 0.1) is 0 Å². The number of hydrogen-bond donors (Lipinski definition) is 1. The summed E-state index contributed by atoms with van der Waals surface area (Å²) in [4.78, 5) is 0. The molecule has 0 atom stereocenters. The first-order chi connectivity index (χ1) is 9.90. The minimum Gasteiger partial charge on any atom is -0.462 e. The highest BCUT2D eigenvalue weighted by atomic mass is 32.1. The minimum atomic E-state index is 0.525. The molecule has 0 amide bonds. The molecule has 0 aromatic carbocycles. The van der Waals surface area contributed by atoms with Crippen LogP contribution in [-0.4, -0.2) is 12.6 Å². The van der Waals surface area contributed by atoms with Gasteiger partial charge < -0.3 is 14.5 Å². The molecule has 20 heavy (non-hydrogen) atoms. The topological polar surface area (TPSA) is 34.4 Å². The van der Waals surface area contributed by atoms with E-state index in [4.69, 9.17) is 9.15 Å². The zero-order chi connectivity index (χ0) is 13.6. The monoisotopic (exact) mass is 289 g/mol. The molecule has 3 nitrogen and oxygen atoms in total. The van der Waals surface area contributed by atoms with Crippen molar-refractivity contribution in [1.82, 2.24) is 5.32 Å². The first-order valence-electron chi connectivity index (χ1n) is 6.97. The Morgan fingerprint density at radius 2 is 2.20 bits per heavy atom. The smallest absolute Gasteiger partial charge is 0.129 e. The Balaban J connectivity index is 1.35. The summed E-state index contributed by atoms with van der Waals surface area (Å²) in [5, 5.41) is 7.62. The fraction of sp³-hybridized carbons (Fsp3) is 0.375. The largest absolute Gasteiger partial charge is 0.462 e. The number of hydrogen-bond acceptors (Lipinski definition) is 4. The molecule has 1 fully saturated rings. The normalized spacial score (nSPS) is 15.2. The van der Waals surface area contributed by atoms with Gasteiger partial charge in [0, 0.05) is 6.04 Å². The standard InChI is InChI=1S/C16H19NO2S/c1(2-13-7-9-20-12-13)8-18-11-16-6-5-15(19-16)10-17-14-3-4-14/h1-2,5-7,9,12,14,17H,3-4,8,10-11H2. The van der Waals surface area contributed by atoms with E-state index in [9.17, 15) is 0 Å². The van der Waals surface area contributed by atoms with Crippen molar-refractivity contribution in [2.45, 2.75) is 32.0 Å². The summed E-state index contributed by atoms with van der Waals surface area (Å²) in [5.41, 5.74) is 1.23. The lowest BCUT2D eigenvalue weighted by Crippen LogP contribution is -2.14. The molecule has 0 spiro atoms. The average Bonchev–Trinajstić information content (AvgIpc) is 2.96. The van der Waals surface area contributed by atoms with E-state index in [0.717, 1.165) is 18.1 Å². The van der Waals surface area contributed by atoms with Gasteiger partial charge in [-0.2, -0.15) is 11.3 Å². The van der Waals surface area contributed by atoms with E-state index in [1.807, 2.05) is 18.2 Å². The summed E-state index contributed by atoms with van der Waals surface area (Å²) >= 11 is 1.70. The summed E-state index contributed by atoms with van der Waals surface area (Å²) in [5.74, 6) is 1.88. The Labute approximate surface area is 123 Å². The van der Waals surface area contributed by atoms with Gasteiger partial charge in [-0.25, -0.2) is 0 Å². The van der Waals surface area contributed by atoms with E-state index >= 15 is 0 Å². The van der Waals surface area contributed by atoms with Gasteiger partial charge in [-0.1, -0.05) is 12.2 Å². The molecule has 0 saturated heterocycles. The molecular formula is C16H19NO2S. The van der Waals surface area contributed by atoms with Crippen LogP contribution in [0.5, 0.6) is 0 Å². The third-order valence-electron chi connectivity index (χ3n) is 3.17. The SMILES string of the molecule is C(=Cc1ccsc1)COCc1ccc(CNC2CC2)o1. The van der Waals surface area contributed by atoms with Crippen LogP contribution in [0.4, 0.5) is 0 Å². The molecule has 1 N–H and O–H groups in total. The van der Waals surface area contributed by atoms with Crippen LogP contribution in [0.25, 0.3) is 6.08 Å². The maximum atomic E-state index is 5.70. The minimum absolute atomic E-state index is 0.525. The summed E-state index contributed by atoms with van der Waals surface area (Å²) in [6, 6.07) is 6.82. The third-order valence-corrected chi connectivity index (χ3v) is 3.87. The van der Waals surface area contributed by atoms with Gasteiger partial charge in [0.1, 0.15) is 18.1 Å². The fourth-order valence-corrected chi connectivity index (χ4v) is 2.54. The van der Waals surface area contributed by atoms with Gasteiger partial charge in [0.15, 0.2) is 0 Å². The number of ether oxygens (including phenoxy) is 1. The summed E-state index contributed by atoms with van der Waals surface area (Å²) in [7, 11) is 0. The lowest BCUT2D eigenvalue weighted by molar-refractivity contribution is 0.130. The van der Waals surface area contributed by atoms with Crippen LogP contribution in [-0.2, 0) is 17.9 Å². The molecule has 1 saturated carbocycles. The van der Waals surface area contributed by atoms with Crippen LogP contribution in [0.3, 0.4) is 0 Å². The molecule has 1 aliphatic rings. The Hall–Kier alpha value is -1.36. The Morgan fingerprint density at radius 1 is 1.30 bits per heavy atom. The predicted octanol–water partition coefficient (Wildman–Crippen LogP) is 3.82. The van der Waals surface area contributed by atoms with Gasteiger partial charge in [-0.3, -0.25) is 0 Å². The van der Waals surface area contributed by atoms with Crippen molar-refractivity contribution in [2.24, 2.45) is 0 Å². The molecule has 2 heterocycles. The molecule has 0 bridgehead atoms. The Bertz CT molecular complexity index is 541. The second kappa shape index (κ2) is 6.88. The first-order valence-corrected chi connectivity index (χ1v) is 7.92. The molecule has 0 radical (unpaired) electrons. The van der Waals surface area contributed by atoms with Gasteiger partial charge in [0.2, 0.25) is 0 Å². The van der Waals surface area contributed by atoms with Crippen LogP contribution in [0.2, 0.25) is 0 Å². The lowest BCUT2D eigenvalue weighted by atomic mass is 10.3. The van der Waals surface area contributed by atoms with E-state index in [2.05, 4.69) is 28.2 Å². The number of rotatable bonds is 8. The van der Waals surface area contributed by atoms with E-state index in [0.29, 0.717) is 19.3 Å². The summed E-state index contributed by atoms with van der Waals surface area (Å²) < 4.78 is 11.3. The molecule has 0 unspecified atom stereocenters.